The second-order valence-electron chi connectivity index (χ2n) is 4.01. The quantitative estimate of drug-likeness (QED) is 0.867. The molecule has 2 aromatic rings. The summed E-state index contributed by atoms with van der Waals surface area (Å²) in [5, 5.41) is 8.65. The summed E-state index contributed by atoms with van der Waals surface area (Å²) in [4.78, 5) is 0. The Hall–Kier alpha value is -2.13. The summed E-state index contributed by atoms with van der Waals surface area (Å²) in [7, 11) is 0. The lowest BCUT2D eigenvalue weighted by Gasteiger charge is -2.11. The van der Waals surface area contributed by atoms with Crippen molar-refractivity contribution >= 4 is 21.6 Å². The number of nitrogen functional groups attached to an aromatic ring is 1. The normalized spacial score (nSPS) is 10.1. The summed E-state index contributed by atoms with van der Waals surface area (Å²) in [6, 6.07) is 8.25. The zero-order valence-electron chi connectivity index (χ0n) is 10.2. The first-order chi connectivity index (χ1) is 9.51. The van der Waals surface area contributed by atoms with Crippen LogP contribution in [0.1, 0.15) is 11.1 Å². The lowest BCUT2D eigenvalue weighted by Crippen LogP contribution is -2.02. The minimum absolute atomic E-state index is 0.0774. The summed E-state index contributed by atoms with van der Waals surface area (Å²) in [5.74, 6) is -0.790. The third-order valence-corrected chi connectivity index (χ3v) is 3.18. The monoisotopic (exact) mass is 338 g/mol. The fraction of sp³-hybridized carbons (Fsp3) is 0.0714. The molecule has 0 saturated carbocycles. The van der Waals surface area contributed by atoms with E-state index in [0.29, 0.717) is 4.47 Å². The van der Waals surface area contributed by atoms with Crippen LogP contribution in [0, 0.1) is 23.0 Å². The van der Waals surface area contributed by atoms with E-state index < -0.39 is 11.6 Å². The Balaban J connectivity index is 2.20. The molecule has 20 heavy (non-hydrogen) atoms. The third kappa shape index (κ3) is 3.06. The number of nitrogens with zero attached hydrogens (tertiary/aromatic N) is 1. The Bertz CT molecular complexity index is 675. The summed E-state index contributed by atoms with van der Waals surface area (Å²) >= 11 is 3.13. The van der Waals surface area contributed by atoms with Crippen LogP contribution in [-0.2, 0) is 6.61 Å². The average Bonchev–Trinajstić information content (AvgIpc) is 2.39. The molecule has 0 aliphatic rings. The molecule has 2 rings (SSSR count). The third-order valence-electron chi connectivity index (χ3n) is 2.59. The summed E-state index contributed by atoms with van der Waals surface area (Å²) in [6.07, 6.45) is 0. The molecule has 2 N–H and O–H groups in total. The van der Waals surface area contributed by atoms with Gasteiger partial charge in [-0.2, -0.15) is 5.26 Å². The van der Waals surface area contributed by atoms with Crippen molar-refractivity contribution in [2.75, 3.05) is 5.73 Å². The predicted molar refractivity (Wildman–Crippen MR) is 74.0 cm³/mol. The highest BCUT2D eigenvalue weighted by atomic mass is 79.9. The fourth-order valence-electron chi connectivity index (χ4n) is 1.62. The molecule has 0 bridgehead atoms. The zero-order chi connectivity index (χ0) is 14.7. The van der Waals surface area contributed by atoms with Gasteiger partial charge in [-0.25, -0.2) is 8.78 Å². The van der Waals surface area contributed by atoms with E-state index in [0.717, 1.165) is 12.1 Å². The number of nitriles is 1. The Morgan fingerprint density at radius 3 is 2.60 bits per heavy atom. The first-order valence-electron chi connectivity index (χ1n) is 5.57. The summed E-state index contributed by atoms with van der Waals surface area (Å²) in [5.41, 5.74) is 6.26. The minimum atomic E-state index is -0.541. The molecule has 3 nitrogen and oxygen atoms in total. The van der Waals surface area contributed by atoms with E-state index in [1.807, 2.05) is 6.07 Å². The van der Waals surface area contributed by atoms with Gasteiger partial charge in [-0.05, 0) is 34.1 Å². The van der Waals surface area contributed by atoms with Crippen LogP contribution in [0.5, 0.6) is 5.75 Å². The van der Waals surface area contributed by atoms with Crippen molar-refractivity contribution in [3.63, 3.8) is 0 Å². The minimum Gasteiger partial charge on any atom is -0.485 e. The maximum absolute atomic E-state index is 13.7. The van der Waals surface area contributed by atoms with Gasteiger partial charge in [0.15, 0.2) is 5.75 Å². The molecule has 0 radical (unpaired) electrons. The molecular weight excluding hydrogens is 330 g/mol. The number of halogens is 3. The number of hydrogen-bond acceptors (Lipinski definition) is 3. The molecule has 6 heteroatoms. The van der Waals surface area contributed by atoms with Gasteiger partial charge in [0, 0.05) is 11.6 Å². The standard InChI is InChI=1S/C14H9BrF2N2O/c15-11-4-10(16)5-13(19)14(11)20-7-9-2-1-8(6-18)3-12(9)17/h1-5H,7,19H2. The maximum Gasteiger partial charge on any atom is 0.157 e. The highest BCUT2D eigenvalue weighted by molar-refractivity contribution is 9.10. The van der Waals surface area contributed by atoms with Gasteiger partial charge >= 0.3 is 0 Å². The number of nitrogens with two attached hydrogens (primary N) is 1. The molecule has 0 aliphatic heterocycles. The van der Waals surface area contributed by atoms with Gasteiger partial charge in [0.1, 0.15) is 18.2 Å². The Labute approximate surface area is 122 Å². The van der Waals surface area contributed by atoms with Crippen molar-refractivity contribution in [3.8, 4) is 11.8 Å². The molecule has 0 amide bonds. The van der Waals surface area contributed by atoms with Gasteiger partial charge in [-0.15, -0.1) is 0 Å². The van der Waals surface area contributed by atoms with Crippen LogP contribution in [0.25, 0.3) is 0 Å². The van der Waals surface area contributed by atoms with Crippen LogP contribution >= 0.6 is 15.9 Å². The molecule has 2 aromatic carbocycles. The van der Waals surface area contributed by atoms with Gasteiger partial charge in [0.25, 0.3) is 0 Å². The van der Waals surface area contributed by atoms with E-state index in [-0.39, 0.29) is 29.2 Å². The van der Waals surface area contributed by atoms with E-state index in [1.54, 1.807) is 0 Å². The zero-order valence-corrected chi connectivity index (χ0v) is 11.7. The van der Waals surface area contributed by atoms with E-state index in [9.17, 15) is 8.78 Å². The second-order valence-corrected chi connectivity index (χ2v) is 4.87. The SMILES string of the molecule is N#Cc1ccc(COc2c(N)cc(F)cc2Br)c(F)c1. The Kier molecular flexibility index (Phi) is 4.20. The van der Waals surface area contributed by atoms with Crippen molar-refractivity contribution in [1.29, 1.82) is 5.26 Å². The number of rotatable bonds is 3. The second kappa shape index (κ2) is 5.88. The molecular formula is C14H9BrF2N2O. The summed E-state index contributed by atoms with van der Waals surface area (Å²) < 4.78 is 32.5. The van der Waals surface area contributed by atoms with Gasteiger partial charge in [-0.3, -0.25) is 0 Å². The number of anilines is 1. The Morgan fingerprint density at radius 2 is 2.00 bits per heavy atom. The van der Waals surface area contributed by atoms with E-state index >= 15 is 0 Å². The van der Waals surface area contributed by atoms with Gasteiger partial charge in [0.05, 0.1) is 21.8 Å². The van der Waals surface area contributed by atoms with Crippen LogP contribution in [0.3, 0.4) is 0 Å². The van der Waals surface area contributed by atoms with Crippen LogP contribution < -0.4 is 10.5 Å². The summed E-state index contributed by atoms with van der Waals surface area (Å²) in [6.45, 7) is -0.0774. The molecule has 0 spiro atoms. The molecule has 0 heterocycles. The lowest BCUT2D eigenvalue weighted by atomic mass is 10.1. The van der Waals surface area contributed by atoms with Crippen LogP contribution in [-0.4, -0.2) is 0 Å². The molecule has 102 valence electrons. The van der Waals surface area contributed by atoms with Gasteiger partial charge < -0.3 is 10.5 Å². The van der Waals surface area contributed by atoms with Crippen molar-refractivity contribution in [1.82, 2.24) is 0 Å². The topological polar surface area (TPSA) is 59.0 Å². The number of ether oxygens (including phenoxy) is 1. The van der Waals surface area contributed by atoms with Crippen LogP contribution in [0.15, 0.2) is 34.8 Å². The molecule has 0 fully saturated rings. The molecule has 0 unspecified atom stereocenters. The first-order valence-corrected chi connectivity index (χ1v) is 6.36. The predicted octanol–water partition coefficient (Wildman–Crippen LogP) is 3.76. The number of benzene rings is 2. The van der Waals surface area contributed by atoms with E-state index in [4.69, 9.17) is 15.7 Å². The van der Waals surface area contributed by atoms with E-state index in [1.165, 1.54) is 18.2 Å². The average molecular weight is 339 g/mol. The van der Waals surface area contributed by atoms with Crippen LogP contribution in [0.2, 0.25) is 0 Å². The van der Waals surface area contributed by atoms with Crippen molar-refractivity contribution in [2.45, 2.75) is 6.61 Å². The van der Waals surface area contributed by atoms with Crippen molar-refractivity contribution < 1.29 is 13.5 Å². The highest BCUT2D eigenvalue weighted by Gasteiger charge is 2.10. The fourth-order valence-corrected chi connectivity index (χ4v) is 2.18. The van der Waals surface area contributed by atoms with E-state index in [2.05, 4.69) is 15.9 Å². The van der Waals surface area contributed by atoms with Crippen molar-refractivity contribution in [3.05, 3.63) is 57.6 Å². The molecule has 0 saturated heterocycles. The first kappa shape index (κ1) is 14.3. The van der Waals surface area contributed by atoms with Crippen LogP contribution in [0.4, 0.5) is 14.5 Å². The highest BCUT2D eigenvalue weighted by Crippen LogP contribution is 2.33. The van der Waals surface area contributed by atoms with Crippen molar-refractivity contribution in [2.24, 2.45) is 0 Å². The molecule has 0 aliphatic carbocycles. The molecule has 0 atom stereocenters. The molecule has 0 aromatic heterocycles. The maximum atomic E-state index is 13.7. The number of hydrogen-bond donors (Lipinski definition) is 1. The lowest BCUT2D eigenvalue weighted by molar-refractivity contribution is 0.299. The largest absolute Gasteiger partial charge is 0.485 e. The Morgan fingerprint density at radius 1 is 1.25 bits per heavy atom. The van der Waals surface area contributed by atoms with Gasteiger partial charge in [0.2, 0.25) is 0 Å². The van der Waals surface area contributed by atoms with Gasteiger partial charge in [-0.1, -0.05) is 6.07 Å². The smallest absolute Gasteiger partial charge is 0.157 e.